The summed E-state index contributed by atoms with van der Waals surface area (Å²) in [6.07, 6.45) is 3.46. The fraction of sp³-hybridized carbons (Fsp3) is 0.200. The van der Waals surface area contributed by atoms with E-state index in [4.69, 9.17) is 9.90 Å². The van der Waals surface area contributed by atoms with Gasteiger partial charge in [0.2, 0.25) is 0 Å². The fourth-order valence-electron chi connectivity index (χ4n) is 0.215. The summed E-state index contributed by atoms with van der Waals surface area (Å²) in [6.45, 7) is 1.08. The molecule has 0 atom stereocenters. The van der Waals surface area contributed by atoms with Crippen LogP contribution in [0, 0.1) is 0 Å². The van der Waals surface area contributed by atoms with Crippen molar-refractivity contribution < 1.29 is 18.2 Å². The van der Waals surface area contributed by atoms with Crippen LogP contribution in [0.5, 0.6) is 0 Å². The Morgan fingerprint density at radius 1 is 1.73 bits per heavy atom. The molecule has 0 aliphatic heterocycles. The van der Waals surface area contributed by atoms with E-state index < -0.39 is 5.97 Å². The summed E-state index contributed by atoms with van der Waals surface area (Å²) in [6, 6.07) is 1.83. The van der Waals surface area contributed by atoms with Crippen molar-refractivity contribution in [3.8, 4) is 0 Å². The number of hydrogen-bond acceptors (Lipinski definition) is 2. The third-order valence-corrected chi connectivity index (χ3v) is 0.406. The van der Waals surface area contributed by atoms with Gasteiger partial charge in [-0.2, -0.15) is 5.10 Å². The van der Waals surface area contributed by atoms with Crippen LogP contribution < -0.4 is 0 Å². The number of nitrogens with zero attached hydrogens (tertiary/aromatic N) is 1. The van der Waals surface area contributed by atoms with E-state index in [-0.39, 0.29) is 46.1 Å². The Balaban J connectivity index is -0.0000000256. The molecule has 1 aromatic rings. The van der Waals surface area contributed by atoms with Gasteiger partial charge in [0, 0.05) is 19.3 Å². The van der Waals surface area contributed by atoms with Crippen molar-refractivity contribution in [2.75, 3.05) is 0 Å². The minimum atomic E-state index is -0.833. The zero-order valence-corrected chi connectivity index (χ0v) is 8.45. The maximum absolute atomic E-state index is 9.00. The molecule has 0 aliphatic rings. The van der Waals surface area contributed by atoms with E-state index in [1.54, 1.807) is 12.4 Å². The Morgan fingerprint density at radius 3 is 2.27 bits per heavy atom. The molecule has 62 valence electrons. The van der Waals surface area contributed by atoms with Crippen molar-refractivity contribution in [1.29, 1.82) is 0 Å². The molecule has 0 amide bonds. The predicted molar refractivity (Wildman–Crippen MR) is 43.5 cm³/mol. The molecule has 0 saturated carbocycles. The van der Waals surface area contributed by atoms with Crippen LogP contribution in [0.4, 0.5) is 0 Å². The van der Waals surface area contributed by atoms with Crippen LogP contribution in [0.15, 0.2) is 18.5 Å². The molecule has 0 unspecified atom stereocenters. The third-order valence-electron chi connectivity index (χ3n) is 0.406. The Hall–Kier alpha value is -0.100. The standard InChI is InChI=1S/C3H4N2.C2H4O2.Ca.H2O.2H/c1-2-4-5-3-1;1-2(3)4;;;;/h1-3H,(H,4,5);1H3,(H,3,4);;1H2;;/q;;+2;;2*-1. The van der Waals surface area contributed by atoms with Gasteiger partial charge >= 0.3 is 37.7 Å². The molecule has 0 saturated heterocycles. The van der Waals surface area contributed by atoms with Gasteiger partial charge < -0.3 is 13.4 Å². The monoisotopic (exact) mass is 188 g/mol. The van der Waals surface area contributed by atoms with Crippen LogP contribution in [0.25, 0.3) is 0 Å². The second-order valence-electron chi connectivity index (χ2n) is 1.29. The quantitative estimate of drug-likeness (QED) is 0.538. The number of H-pyrrole nitrogens is 1. The summed E-state index contributed by atoms with van der Waals surface area (Å²) < 4.78 is 0. The Morgan fingerprint density at radius 2 is 2.18 bits per heavy atom. The topological polar surface area (TPSA) is 97.5 Å². The van der Waals surface area contributed by atoms with E-state index in [0.29, 0.717) is 0 Å². The number of carboxylic acids is 1. The number of aliphatic carboxylic acids is 1. The molecule has 5 nitrogen and oxygen atoms in total. The Bertz CT molecular complexity index is 142. The van der Waals surface area contributed by atoms with Gasteiger partial charge in [0.25, 0.3) is 5.97 Å². The van der Waals surface area contributed by atoms with Crippen molar-refractivity contribution in [1.82, 2.24) is 10.2 Å². The van der Waals surface area contributed by atoms with E-state index in [2.05, 4.69) is 10.2 Å². The van der Waals surface area contributed by atoms with Gasteiger partial charge in [0.1, 0.15) is 0 Å². The molecular weight excluding hydrogens is 176 g/mol. The summed E-state index contributed by atoms with van der Waals surface area (Å²) in [5.41, 5.74) is 0. The van der Waals surface area contributed by atoms with E-state index in [9.17, 15) is 0 Å². The molecule has 11 heavy (non-hydrogen) atoms. The fourth-order valence-corrected chi connectivity index (χ4v) is 0.215. The number of carbonyl (C=O) groups is 1. The Kier molecular flexibility index (Phi) is 19.6. The molecule has 1 aromatic heterocycles. The first-order valence-electron chi connectivity index (χ1n) is 2.36. The first-order chi connectivity index (χ1) is 4.23. The molecule has 0 radical (unpaired) electrons. The van der Waals surface area contributed by atoms with Crippen LogP contribution in [0.1, 0.15) is 9.78 Å². The van der Waals surface area contributed by atoms with E-state index in [1.807, 2.05) is 6.07 Å². The molecule has 0 bridgehead atoms. The molecule has 1 heterocycles. The number of aromatic nitrogens is 2. The zero-order valence-electron chi connectivity index (χ0n) is 8.24. The van der Waals surface area contributed by atoms with Gasteiger partial charge in [-0.25, -0.2) is 0 Å². The van der Waals surface area contributed by atoms with Gasteiger partial charge in [0.05, 0.1) is 0 Å². The predicted octanol–water partition coefficient (Wildman–Crippen LogP) is -0.480. The number of rotatable bonds is 0. The van der Waals surface area contributed by atoms with Crippen LogP contribution >= 0.6 is 0 Å². The first kappa shape index (κ1) is 17.1. The molecule has 1 rings (SSSR count). The average Bonchev–Trinajstić information content (AvgIpc) is 2.11. The van der Waals surface area contributed by atoms with Gasteiger partial charge in [-0.3, -0.25) is 9.89 Å². The van der Waals surface area contributed by atoms with Gasteiger partial charge in [-0.1, -0.05) is 0 Å². The third kappa shape index (κ3) is 25.7. The SMILES string of the molecule is CC(=O)O.O.[Ca+2].[H-].[H-].c1cn[nH]c1. The molecule has 0 aromatic carbocycles. The molecular formula is C5H12CaN2O3. The van der Waals surface area contributed by atoms with Gasteiger partial charge in [0.15, 0.2) is 0 Å². The van der Waals surface area contributed by atoms with E-state index in [1.165, 1.54) is 0 Å². The van der Waals surface area contributed by atoms with Crippen molar-refractivity contribution in [2.24, 2.45) is 0 Å². The minimum absolute atomic E-state index is 0. The largest absolute Gasteiger partial charge is 2.00 e. The maximum atomic E-state index is 9.00. The maximum Gasteiger partial charge on any atom is 2.00 e. The Labute approximate surface area is 97.1 Å². The normalized spacial score (nSPS) is 5.91. The number of hydrogen-bond donors (Lipinski definition) is 2. The summed E-state index contributed by atoms with van der Waals surface area (Å²) in [5.74, 6) is -0.833. The molecule has 6 heteroatoms. The smallest absolute Gasteiger partial charge is 1.00 e. The summed E-state index contributed by atoms with van der Waals surface area (Å²) in [5, 5.41) is 13.6. The van der Waals surface area contributed by atoms with Crippen molar-refractivity contribution in [2.45, 2.75) is 6.92 Å². The second kappa shape index (κ2) is 12.6. The average molecular weight is 188 g/mol. The van der Waals surface area contributed by atoms with Crippen molar-refractivity contribution in [3.05, 3.63) is 18.5 Å². The van der Waals surface area contributed by atoms with Crippen LogP contribution in [-0.2, 0) is 4.79 Å². The summed E-state index contributed by atoms with van der Waals surface area (Å²) in [7, 11) is 0. The molecule has 0 spiro atoms. The molecule has 4 N–H and O–H groups in total. The second-order valence-corrected chi connectivity index (χ2v) is 1.29. The molecule has 0 fully saturated rings. The number of nitrogens with one attached hydrogen (secondary N) is 1. The number of aromatic amines is 1. The van der Waals surface area contributed by atoms with Gasteiger partial charge in [-0.15, -0.1) is 0 Å². The van der Waals surface area contributed by atoms with Crippen molar-refractivity contribution in [3.63, 3.8) is 0 Å². The number of carboxylic acid groups (broad SMARTS) is 1. The summed E-state index contributed by atoms with van der Waals surface area (Å²) in [4.78, 5) is 9.00. The van der Waals surface area contributed by atoms with Gasteiger partial charge in [-0.05, 0) is 6.07 Å². The van der Waals surface area contributed by atoms with E-state index >= 15 is 0 Å². The van der Waals surface area contributed by atoms with Crippen LogP contribution in [0.3, 0.4) is 0 Å². The zero-order chi connectivity index (χ0) is 7.11. The summed E-state index contributed by atoms with van der Waals surface area (Å²) >= 11 is 0. The molecule has 0 aliphatic carbocycles. The van der Waals surface area contributed by atoms with Crippen LogP contribution in [0.2, 0.25) is 0 Å². The first-order valence-corrected chi connectivity index (χ1v) is 2.36. The van der Waals surface area contributed by atoms with E-state index in [0.717, 1.165) is 6.92 Å². The minimum Gasteiger partial charge on any atom is -1.00 e. The van der Waals surface area contributed by atoms with Crippen LogP contribution in [-0.4, -0.2) is 64.5 Å². The van der Waals surface area contributed by atoms with Crippen molar-refractivity contribution >= 4 is 43.7 Å².